The highest BCUT2D eigenvalue weighted by atomic mass is 79.9. The minimum Gasteiger partial charge on any atom is -0.370 e. The smallest absolute Gasteiger partial charge is 0.268 e. The number of nitro groups is 1. The molecule has 1 aliphatic heterocycles. The molecular weight excluding hydrogens is 280 g/mol. The van der Waals surface area contributed by atoms with Crippen molar-refractivity contribution in [1.82, 2.24) is 0 Å². The van der Waals surface area contributed by atoms with E-state index in [0.29, 0.717) is 5.69 Å². The summed E-state index contributed by atoms with van der Waals surface area (Å²) in [6.07, 6.45) is 0. The Bertz CT molecular complexity index is 490. The fraction of sp³-hybridized carbons (Fsp3) is 0.222. The van der Waals surface area contributed by atoms with Gasteiger partial charge in [0.1, 0.15) is 0 Å². The Balaban J connectivity index is 2.51. The van der Waals surface area contributed by atoms with Gasteiger partial charge in [0, 0.05) is 20.6 Å². The van der Waals surface area contributed by atoms with E-state index in [4.69, 9.17) is 0 Å². The Morgan fingerprint density at radius 1 is 1.56 bits per heavy atom. The highest BCUT2D eigenvalue weighted by Crippen LogP contribution is 2.37. The Labute approximate surface area is 98.5 Å². The van der Waals surface area contributed by atoms with Gasteiger partial charge in [-0.15, -0.1) is 0 Å². The molecule has 0 saturated carbocycles. The number of amides is 1. The number of benzene rings is 1. The van der Waals surface area contributed by atoms with E-state index in [-0.39, 0.29) is 5.56 Å². The molecule has 2 N–H and O–H groups in total. The van der Waals surface area contributed by atoms with Crippen LogP contribution in [0.2, 0.25) is 0 Å². The van der Waals surface area contributed by atoms with Crippen LogP contribution in [-0.2, 0) is 10.4 Å². The molecule has 0 unspecified atom stereocenters. The molecule has 2 rings (SSSR count). The highest BCUT2D eigenvalue weighted by molar-refractivity contribution is 9.10. The molecule has 1 atom stereocenters. The number of anilines is 1. The van der Waals surface area contributed by atoms with Crippen molar-refractivity contribution in [2.24, 2.45) is 0 Å². The predicted octanol–water partition coefficient (Wildman–Crippen LogP) is 0.865. The summed E-state index contributed by atoms with van der Waals surface area (Å²) in [4.78, 5) is 21.2. The lowest BCUT2D eigenvalue weighted by molar-refractivity contribution is -0.498. The lowest BCUT2D eigenvalue weighted by Crippen LogP contribution is -2.40. The summed E-state index contributed by atoms with van der Waals surface area (Å²) in [5, 5.41) is 22.9. The third kappa shape index (κ3) is 1.57. The van der Waals surface area contributed by atoms with Gasteiger partial charge >= 0.3 is 0 Å². The molecule has 16 heavy (non-hydrogen) atoms. The standard InChI is InChI=1S/C9H7BrN2O4/c10-5-1-2-6-7(3-5)11-8(13)9(6,14)4-12(15)16/h1-3,14H,4H2,(H,11,13)/t9-/m0/s1. The van der Waals surface area contributed by atoms with E-state index < -0.39 is 23.0 Å². The van der Waals surface area contributed by atoms with Crippen molar-refractivity contribution in [2.75, 3.05) is 11.9 Å². The zero-order chi connectivity index (χ0) is 11.9. The fourth-order valence-electron chi connectivity index (χ4n) is 1.67. The zero-order valence-electron chi connectivity index (χ0n) is 7.94. The Kier molecular flexibility index (Phi) is 2.43. The maximum atomic E-state index is 11.5. The van der Waals surface area contributed by atoms with E-state index in [2.05, 4.69) is 21.2 Å². The minimum absolute atomic E-state index is 0.234. The maximum Gasteiger partial charge on any atom is 0.268 e. The van der Waals surface area contributed by atoms with Gasteiger partial charge in [-0.2, -0.15) is 0 Å². The predicted molar refractivity (Wildman–Crippen MR) is 58.5 cm³/mol. The first-order chi connectivity index (χ1) is 7.43. The first kappa shape index (κ1) is 11.0. The van der Waals surface area contributed by atoms with Crippen molar-refractivity contribution in [3.63, 3.8) is 0 Å². The lowest BCUT2D eigenvalue weighted by Gasteiger charge is -2.15. The second kappa shape index (κ2) is 3.53. The van der Waals surface area contributed by atoms with Crippen LogP contribution in [0.15, 0.2) is 22.7 Å². The number of nitrogens with one attached hydrogen (secondary N) is 1. The van der Waals surface area contributed by atoms with Crippen LogP contribution in [0.1, 0.15) is 5.56 Å². The SMILES string of the molecule is O=C1Nc2cc(Br)ccc2[C@@]1(O)C[N+](=O)[O-]. The van der Waals surface area contributed by atoms with Crippen LogP contribution >= 0.6 is 15.9 Å². The lowest BCUT2D eigenvalue weighted by atomic mass is 9.96. The zero-order valence-corrected chi connectivity index (χ0v) is 9.52. The van der Waals surface area contributed by atoms with Crippen molar-refractivity contribution < 1.29 is 14.8 Å². The van der Waals surface area contributed by atoms with Gasteiger partial charge in [-0.3, -0.25) is 14.9 Å². The van der Waals surface area contributed by atoms with E-state index in [1.807, 2.05) is 0 Å². The molecule has 1 aromatic carbocycles. The molecule has 0 radical (unpaired) electrons. The number of hydrogen-bond donors (Lipinski definition) is 2. The summed E-state index contributed by atoms with van der Waals surface area (Å²) in [6.45, 7) is -0.840. The van der Waals surface area contributed by atoms with Gasteiger partial charge in [-0.1, -0.05) is 22.0 Å². The molecule has 1 aromatic rings. The molecular formula is C9H7BrN2O4. The molecule has 0 fully saturated rings. The molecule has 84 valence electrons. The number of nitrogens with zero attached hydrogens (tertiary/aromatic N) is 1. The van der Waals surface area contributed by atoms with Gasteiger partial charge in [0.2, 0.25) is 12.1 Å². The monoisotopic (exact) mass is 286 g/mol. The number of carbonyl (C=O) groups is 1. The van der Waals surface area contributed by atoms with Gasteiger partial charge in [0.25, 0.3) is 5.91 Å². The van der Waals surface area contributed by atoms with Crippen LogP contribution in [0.4, 0.5) is 5.69 Å². The van der Waals surface area contributed by atoms with E-state index >= 15 is 0 Å². The molecule has 1 aliphatic rings. The van der Waals surface area contributed by atoms with Gasteiger partial charge < -0.3 is 10.4 Å². The Morgan fingerprint density at radius 3 is 2.88 bits per heavy atom. The van der Waals surface area contributed by atoms with E-state index in [0.717, 1.165) is 4.47 Å². The van der Waals surface area contributed by atoms with Gasteiger partial charge in [0.05, 0.1) is 0 Å². The number of hydrogen-bond acceptors (Lipinski definition) is 4. The van der Waals surface area contributed by atoms with Crippen LogP contribution in [0.3, 0.4) is 0 Å². The Morgan fingerprint density at radius 2 is 2.25 bits per heavy atom. The van der Waals surface area contributed by atoms with Crippen molar-refractivity contribution in [3.8, 4) is 0 Å². The highest BCUT2D eigenvalue weighted by Gasteiger charge is 2.49. The van der Waals surface area contributed by atoms with Crippen LogP contribution < -0.4 is 5.32 Å². The van der Waals surface area contributed by atoms with Crippen molar-refractivity contribution >= 4 is 27.5 Å². The van der Waals surface area contributed by atoms with Gasteiger partial charge in [-0.05, 0) is 12.1 Å². The number of carbonyl (C=O) groups excluding carboxylic acids is 1. The Hall–Kier alpha value is -1.47. The maximum absolute atomic E-state index is 11.5. The van der Waals surface area contributed by atoms with Crippen LogP contribution in [0.5, 0.6) is 0 Å². The fourth-order valence-corrected chi connectivity index (χ4v) is 2.03. The van der Waals surface area contributed by atoms with Crippen molar-refractivity contribution in [3.05, 3.63) is 38.3 Å². The molecule has 1 amide bonds. The molecule has 0 bridgehead atoms. The van der Waals surface area contributed by atoms with Crippen LogP contribution in [-0.4, -0.2) is 22.5 Å². The minimum atomic E-state index is -2.07. The summed E-state index contributed by atoms with van der Waals surface area (Å²) in [6, 6.07) is 4.69. The van der Waals surface area contributed by atoms with E-state index in [9.17, 15) is 20.0 Å². The summed E-state index contributed by atoms with van der Waals surface area (Å²) in [5.74, 6) is -0.766. The summed E-state index contributed by atoms with van der Waals surface area (Å²) >= 11 is 3.21. The summed E-state index contributed by atoms with van der Waals surface area (Å²) < 4.78 is 0.719. The van der Waals surface area contributed by atoms with Crippen molar-refractivity contribution in [2.45, 2.75) is 5.60 Å². The van der Waals surface area contributed by atoms with Gasteiger partial charge in [-0.25, -0.2) is 0 Å². The third-order valence-electron chi connectivity index (χ3n) is 2.41. The first-order valence-electron chi connectivity index (χ1n) is 4.39. The molecule has 0 spiro atoms. The number of fused-ring (bicyclic) bond motifs is 1. The van der Waals surface area contributed by atoms with E-state index in [1.165, 1.54) is 6.07 Å². The number of aliphatic hydroxyl groups is 1. The molecule has 0 saturated heterocycles. The number of rotatable bonds is 2. The quantitative estimate of drug-likeness (QED) is 0.623. The second-order valence-electron chi connectivity index (χ2n) is 3.50. The summed E-state index contributed by atoms with van der Waals surface area (Å²) in [7, 11) is 0. The van der Waals surface area contributed by atoms with Crippen LogP contribution in [0.25, 0.3) is 0 Å². The summed E-state index contributed by atoms with van der Waals surface area (Å²) in [5.41, 5.74) is -1.44. The molecule has 6 nitrogen and oxygen atoms in total. The van der Waals surface area contributed by atoms with E-state index in [1.54, 1.807) is 12.1 Å². The van der Waals surface area contributed by atoms with Crippen molar-refractivity contribution in [1.29, 1.82) is 0 Å². The normalized spacial score (nSPS) is 22.8. The molecule has 0 aliphatic carbocycles. The largest absolute Gasteiger partial charge is 0.370 e. The topological polar surface area (TPSA) is 92.5 Å². The second-order valence-corrected chi connectivity index (χ2v) is 4.41. The third-order valence-corrected chi connectivity index (χ3v) is 2.90. The molecule has 1 heterocycles. The molecule has 0 aromatic heterocycles. The van der Waals surface area contributed by atoms with Gasteiger partial charge in [0.15, 0.2) is 0 Å². The average molecular weight is 287 g/mol. The van der Waals surface area contributed by atoms with Crippen LogP contribution in [0, 0.1) is 10.1 Å². The molecule has 7 heteroatoms. The first-order valence-corrected chi connectivity index (χ1v) is 5.18. The number of halogens is 1. The average Bonchev–Trinajstić information content (AvgIpc) is 2.37.